The molecule has 148 valence electrons. The summed E-state index contributed by atoms with van der Waals surface area (Å²) in [5.41, 5.74) is 0.257. The smallest absolute Gasteiger partial charge is 0.258 e. The third-order valence-corrected chi connectivity index (χ3v) is 5.31. The molecule has 0 unspecified atom stereocenters. The van der Waals surface area contributed by atoms with Crippen molar-refractivity contribution in [2.45, 2.75) is 44.3 Å². The number of benzene rings is 2. The van der Waals surface area contributed by atoms with Gasteiger partial charge in [-0.1, -0.05) is 60.7 Å². The summed E-state index contributed by atoms with van der Waals surface area (Å²) >= 11 is 0. The van der Waals surface area contributed by atoms with Gasteiger partial charge in [0, 0.05) is 38.9 Å². The lowest BCUT2D eigenvalue weighted by Gasteiger charge is -2.35. The van der Waals surface area contributed by atoms with E-state index in [0.717, 1.165) is 18.4 Å². The van der Waals surface area contributed by atoms with Gasteiger partial charge in [-0.05, 0) is 24.0 Å². The fourth-order valence-corrected chi connectivity index (χ4v) is 3.52. The normalized spacial score (nSPS) is 15.8. The average molecular weight is 382 g/mol. The molecule has 0 aliphatic carbocycles. The molecule has 2 aromatic carbocycles. The van der Waals surface area contributed by atoms with Gasteiger partial charge in [0.15, 0.2) is 5.67 Å². The van der Waals surface area contributed by atoms with Gasteiger partial charge in [-0.2, -0.15) is 0 Å². The van der Waals surface area contributed by atoms with Gasteiger partial charge in [0.05, 0.1) is 0 Å². The molecule has 0 aromatic heterocycles. The topological polar surface area (TPSA) is 49.4 Å². The molecule has 2 amide bonds. The minimum Gasteiger partial charge on any atom is -0.349 e. The number of nitrogens with zero attached hydrogens (tertiary/aromatic N) is 1. The van der Waals surface area contributed by atoms with Crippen molar-refractivity contribution in [1.82, 2.24) is 10.2 Å². The van der Waals surface area contributed by atoms with E-state index in [9.17, 15) is 9.59 Å². The van der Waals surface area contributed by atoms with Gasteiger partial charge in [0.1, 0.15) is 0 Å². The van der Waals surface area contributed by atoms with E-state index in [1.807, 2.05) is 48.5 Å². The fourth-order valence-electron chi connectivity index (χ4n) is 3.52. The van der Waals surface area contributed by atoms with Gasteiger partial charge in [-0.3, -0.25) is 9.59 Å². The Kier molecular flexibility index (Phi) is 6.80. The summed E-state index contributed by atoms with van der Waals surface area (Å²) < 4.78 is 15.0. The van der Waals surface area contributed by atoms with Crippen molar-refractivity contribution in [3.63, 3.8) is 0 Å². The van der Waals surface area contributed by atoms with Crippen LogP contribution in [0.3, 0.4) is 0 Å². The number of likely N-dealkylation sites (tertiary alicyclic amines) is 1. The summed E-state index contributed by atoms with van der Waals surface area (Å²) in [6.45, 7) is 0.895. The molecule has 1 N–H and O–H groups in total. The minimum atomic E-state index is -1.89. The number of carbonyl (C=O) groups is 2. The Bertz CT molecular complexity index is 772. The second-order valence-electron chi connectivity index (χ2n) is 7.35. The molecule has 1 heterocycles. The van der Waals surface area contributed by atoms with Gasteiger partial charge in [-0.25, -0.2) is 4.39 Å². The molecule has 1 aliphatic rings. The Balaban J connectivity index is 1.41. The molecule has 3 rings (SSSR count). The lowest BCUT2D eigenvalue weighted by Crippen LogP contribution is -2.52. The van der Waals surface area contributed by atoms with Crippen molar-refractivity contribution in [3.05, 3.63) is 71.8 Å². The maximum atomic E-state index is 15.0. The third-order valence-electron chi connectivity index (χ3n) is 5.31. The van der Waals surface area contributed by atoms with E-state index in [-0.39, 0.29) is 18.7 Å². The molecule has 1 aliphatic heterocycles. The van der Waals surface area contributed by atoms with Crippen molar-refractivity contribution in [1.29, 1.82) is 0 Å². The van der Waals surface area contributed by atoms with Crippen LogP contribution < -0.4 is 5.32 Å². The number of rotatable bonds is 7. The predicted molar refractivity (Wildman–Crippen MR) is 107 cm³/mol. The van der Waals surface area contributed by atoms with Crippen LogP contribution in [0.25, 0.3) is 0 Å². The first-order valence-electron chi connectivity index (χ1n) is 9.90. The second-order valence-corrected chi connectivity index (χ2v) is 7.35. The summed E-state index contributed by atoms with van der Waals surface area (Å²) in [5.74, 6) is -0.532. The van der Waals surface area contributed by atoms with E-state index in [4.69, 9.17) is 0 Å². The molecule has 2 aromatic rings. The molecule has 5 heteroatoms. The Morgan fingerprint density at radius 1 is 0.929 bits per heavy atom. The van der Waals surface area contributed by atoms with Crippen LogP contribution in [0.1, 0.15) is 36.8 Å². The molecule has 0 saturated carbocycles. The average Bonchev–Trinajstić information content (AvgIpc) is 2.74. The van der Waals surface area contributed by atoms with Gasteiger partial charge in [0.2, 0.25) is 5.91 Å². The van der Waals surface area contributed by atoms with E-state index in [1.54, 1.807) is 4.90 Å². The maximum Gasteiger partial charge on any atom is 0.258 e. The van der Waals surface area contributed by atoms with Gasteiger partial charge >= 0.3 is 0 Å². The maximum absolute atomic E-state index is 15.0. The summed E-state index contributed by atoms with van der Waals surface area (Å²) in [6.07, 6.45) is 2.19. The standard InChI is InChI=1S/C23H27FN2O2/c24-23(22(28)25-18-20-10-5-2-6-11-20)14-16-26(17-15-23)21(27)13-7-12-19-8-3-1-4-9-19/h1-6,8-11H,7,12-18H2,(H,25,28). The Morgan fingerprint density at radius 3 is 2.11 bits per heavy atom. The van der Waals surface area contributed by atoms with Crippen LogP contribution in [-0.2, 0) is 22.6 Å². The lowest BCUT2D eigenvalue weighted by molar-refractivity contribution is -0.142. The molecule has 0 bridgehead atoms. The number of halogens is 1. The Labute approximate surface area is 165 Å². The Morgan fingerprint density at radius 2 is 1.50 bits per heavy atom. The van der Waals surface area contributed by atoms with E-state index >= 15 is 4.39 Å². The van der Waals surface area contributed by atoms with Crippen molar-refractivity contribution < 1.29 is 14.0 Å². The quantitative estimate of drug-likeness (QED) is 0.795. The zero-order valence-corrected chi connectivity index (χ0v) is 16.1. The molecule has 0 atom stereocenters. The molecule has 1 saturated heterocycles. The van der Waals surface area contributed by atoms with Crippen molar-refractivity contribution in [2.75, 3.05) is 13.1 Å². The van der Waals surface area contributed by atoms with Crippen molar-refractivity contribution in [2.24, 2.45) is 0 Å². The van der Waals surface area contributed by atoms with Gasteiger partial charge < -0.3 is 10.2 Å². The zero-order chi connectivity index (χ0) is 19.8. The van der Waals surface area contributed by atoms with Gasteiger partial charge in [0.25, 0.3) is 5.91 Å². The zero-order valence-electron chi connectivity index (χ0n) is 16.1. The summed E-state index contributed by atoms with van der Waals surface area (Å²) in [6, 6.07) is 19.5. The molecular formula is C23H27FN2O2. The highest BCUT2D eigenvalue weighted by molar-refractivity contribution is 5.85. The largest absolute Gasteiger partial charge is 0.349 e. The lowest BCUT2D eigenvalue weighted by atomic mass is 9.92. The first-order valence-corrected chi connectivity index (χ1v) is 9.90. The summed E-state index contributed by atoms with van der Waals surface area (Å²) in [4.78, 5) is 26.4. The number of amides is 2. The number of alkyl halides is 1. The van der Waals surface area contributed by atoms with Crippen LogP contribution in [-0.4, -0.2) is 35.5 Å². The third kappa shape index (κ3) is 5.41. The van der Waals surface area contributed by atoms with Crippen LogP contribution in [0.15, 0.2) is 60.7 Å². The van der Waals surface area contributed by atoms with Crippen molar-refractivity contribution in [3.8, 4) is 0 Å². The molecule has 0 radical (unpaired) electrons. The highest BCUT2D eigenvalue weighted by Gasteiger charge is 2.42. The van der Waals surface area contributed by atoms with Crippen LogP contribution in [0.4, 0.5) is 4.39 Å². The van der Waals surface area contributed by atoms with E-state index in [1.165, 1.54) is 5.56 Å². The van der Waals surface area contributed by atoms with Crippen LogP contribution in [0.5, 0.6) is 0 Å². The molecule has 1 fully saturated rings. The number of aryl methyl sites for hydroxylation is 1. The summed E-state index contributed by atoms with van der Waals surface area (Å²) in [7, 11) is 0. The van der Waals surface area contributed by atoms with Crippen LogP contribution >= 0.6 is 0 Å². The van der Waals surface area contributed by atoms with Crippen molar-refractivity contribution >= 4 is 11.8 Å². The molecule has 0 spiro atoms. The SMILES string of the molecule is O=C(CCCc1ccccc1)N1CCC(F)(C(=O)NCc2ccccc2)CC1. The number of piperidine rings is 1. The second kappa shape index (κ2) is 9.49. The number of hydrogen-bond acceptors (Lipinski definition) is 2. The van der Waals surface area contributed by atoms with E-state index < -0.39 is 11.6 Å². The number of nitrogens with one attached hydrogen (secondary N) is 1. The first-order chi connectivity index (χ1) is 13.6. The molecule has 4 nitrogen and oxygen atoms in total. The molecule has 28 heavy (non-hydrogen) atoms. The summed E-state index contributed by atoms with van der Waals surface area (Å²) in [5, 5.41) is 2.69. The highest BCUT2D eigenvalue weighted by atomic mass is 19.1. The van der Waals surface area contributed by atoms with Crippen LogP contribution in [0.2, 0.25) is 0 Å². The van der Waals surface area contributed by atoms with E-state index in [2.05, 4.69) is 17.4 Å². The fraction of sp³-hybridized carbons (Fsp3) is 0.391. The number of carbonyl (C=O) groups excluding carboxylic acids is 2. The first kappa shape index (κ1) is 20.1. The minimum absolute atomic E-state index is 0.0441. The molecular weight excluding hydrogens is 355 g/mol. The number of hydrogen-bond donors (Lipinski definition) is 1. The van der Waals surface area contributed by atoms with Gasteiger partial charge in [-0.15, -0.1) is 0 Å². The highest BCUT2D eigenvalue weighted by Crippen LogP contribution is 2.27. The van der Waals surface area contributed by atoms with Crippen LogP contribution in [0, 0.1) is 0 Å². The monoisotopic (exact) mass is 382 g/mol. The van der Waals surface area contributed by atoms with E-state index in [0.29, 0.717) is 26.1 Å². The predicted octanol–water partition coefficient (Wildman–Crippen LogP) is 3.66. The Hall–Kier alpha value is -2.69.